The number of aromatic nitrogens is 2. The number of thioether (sulfide) groups is 1. The van der Waals surface area contributed by atoms with E-state index >= 15 is 0 Å². The number of aliphatic hydroxyl groups excluding tert-OH is 1. The van der Waals surface area contributed by atoms with E-state index in [1.54, 1.807) is 36.0 Å². The molecule has 2 aliphatic heterocycles. The smallest absolute Gasteiger partial charge is 0.392 e. The molecule has 5 rings (SSSR count). The fourth-order valence-electron chi connectivity index (χ4n) is 5.23. The second-order valence-corrected chi connectivity index (χ2v) is 12.9. The Labute approximate surface area is 254 Å². The van der Waals surface area contributed by atoms with E-state index in [1.165, 1.54) is 11.3 Å². The fourth-order valence-corrected chi connectivity index (χ4v) is 7.24. The van der Waals surface area contributed by atoms with E-state index in [9.17, 15) is 27.9 Å². The summed E-state index contributed by atoms with van der Waals surface area (Å²) >= 11 is 3.04. The first kappa shape index (κ1) is 31.4. The number of hydrogen-bond acceptors (Lipinski definition) is 9. The Hall–Kier alpha value is -3.04. The minimum Gasteiger partial charge on any atom is -0.392 e. The standard InChI is InChI=1S/C29H31F3N4O5S2/c1-16-23(15-42-28-35-34-17(2)43-28)40-26(41-24(16)19-10-8-18(14-37)9-11-19)20-5-3-6-21(13-20)33-25(38)22-7-4-12-36(22)27(39)29(30,31)32/h3,5-6,8-11,13,16,22-24,26,37H,4,7,12,14-15H2,1-2H3,(H,33,38). The van der Waals surface area contributed by atoms with Crippen molar-refractivity contribution in [2.75, 3.05) is 17.6 Å². The van der Waals surface area contributed by atoms with Crippen molar-refractivity contribution < 1.29 is 37.3 Å². The number of nitrogens with zero attached hydrogens (tertiary/aromatic N) is 3. The zero-order chi connectivity index (χ0) is 30.7. The van der Waals surface area contributed by atoms with E-state index in [-0.39, 0.29) is 37.7 Å². The van der Waals surface area contributed by atoms with E-state index in [0.29, 0.717) is 28.3 Å². The van der Waals surface area contributed by atoms with E-state index < -0.39 is 30.3 Å². The van der Waals surface area contributed by atoms with Crippen LogP contribution in [0.5, 0.6) is 0 Å². The van der Waals surface area contributed by atoms with Crippen LogP contribution in [0.15, 0.2) is 52.9 Å². The maximum Gasteiger partial charge on any atom is 0.471 e. The minimum absolute atomic E-state index is 0.0554. The van der Waals surface area contributed by atoms with E-state index in [2.05, 4.69) is 15.5 Å². The van der Waals surface area contributed by atoms with Crippen LogP contribution < -0.4 is 5.32 Å². The number of amides is 2. The van der Waals surface area contributed by atoms with Gasteiger partial charge in [-0.25, -0.2) is 0 Å². The van der Waals surface area contributed by atoms with Gasteiger partial charge < -0.3 is 24.8 Å². The van der Waals surface area contributed by atoms with Gasteiger partial charge in [0.1, 0.15) is 11.0 Å². The molecule has 2 aliphatic rings. The fraction of sp³-hybridized carbons (Fsp3) is 0.448. The van der Waals surface area contributed by atoms with Crippen molar-refractivity contribution in [3.63, 3.8) is 0 Å². The van der Waals surface area contributed by atoms with E-state index in [0.717, 1.165) is 20.5 Å². The Morgan fingerprint density at radius 1 is 1.14 bits per heavy atom. The molecule has 2 amide bonds. The van der Waals surface area contributed by atoms with Crippen LogP contribution >= 0.6 is 23.1 Å². The van der Waals surface area contributed by atoms with Crippen molar-refractivity contribution in [2.45, 2.75) is 68.4 Å². The normalized spacial score (nSPS) is 24.2. The number of anilines is 1. The van der Waals surface area contributed by atoms with Gasteiger partial charge in [0.15, 0.2) is 10.6 Å². The Bertz CT molecular complexity index is 1440. The summed E-state index contributed by atoms with van der Waals surface area (Å²) in [4.78, 5) is 25.4. The molecule has 0 saturated carbocycles. The first-order chi connectivity index (χ1) is 20.5. The number of benzene rings is 2. The van der Waals surface area contributed by atoms with Crippen LogP contribution in [-0.2, 0) is 25.7 Å². The summed E-state index contributed by atoms with van der Waals surface area (Å²) in [5.41, 5.74) is 2.65. The van der Waals surface area contributed by atoms with Gasteiger partial charge in [-0.05, 0) is 43.0 Å². The molecule has 1 aromatic heterocycles. The number of carbonyl (C=O) groups is 2. The zero-order valence-corrected chi connectivity index (χ0v) is 25.0. The van der Waals surface area contributed by atoms with Gasteiger partial charge in [0.05, 0.1) is 18.8 Å². The lowest BCUT2D eigenvalue weighted by Gasteiger charge is -2.41. The van der Waals surface area contributed by atoms with Crippen molar-refractivity contribution in [3.05, 3.63) is 70.2 Å². The summed E-state index contributed by atoms with van der Waals surface area (Å²) in [5.74, 6) is -2.17. The maximum atomic E-state index is 13.1. The summed E-state index contributed by atoms with van der Waals surface area (Å²) in [6.45, 7) is 3.73. The van der Waals surface area contributed by atoms with Gasteiger partial charge >= 0.3 is 12.1 Å². The first-order valence-electron chi connectivity index (χ1n) is 13.8. The summed E-state index contributed by atoms with van der Waals surface area (Å²) in [5, 5.41) is 21.3. The highest BCUT2D eigenvalue weighted by Crippen LogP contribution is 2.43. The number of likely N-dealkylation sites (tertiary alicyclic amines) is 1. The molecule has 0 bridgehead atoms. The molecule has 2 saturated heterocycles. The molecule has 43 heavy (non-hydrogen) atoms. The van der Waals surface area contributed by atoms with Crippen LogP contribution in [0.1, 0.15) is 53.9 Å². The third-order valence-corrected chi connectivity index (χ3v) is 9.55. The second kappa shape index (κ2) is 13.3. The number of aliphatic hydroxyl groups is 1. The topological polar surface area (TPSA) is 114 Å². The minimum atomic E-state index is -5.05. The quantitative estimate of drug-likeness (QED) is 0.316. The average Bonchev–Trinajstić information content (AvgIpc) is 3.65. The van der Waals surface area contributed by atoms with Gasteiger partial charge in [-0.15, -0.1) is 10.2 Å². The van der Waals surface area contributed by atoms with E-state index in [4.69, 9.17) is 9.47 Å². The lowest BCUT2D eigenvalue weighted by Crippen LogP contribution is -2.48. The summed E-state index contributed by atoms with van der Waals surface area (Å²) in [6.07, 6.45) is -6.02. The molecule has 0 aliphatic carbocycles. The molecular formula is C29H31F3N4O5S2. The molecule has 0 spiro atoms. The molecule has 3 heterocycles. The Morgan fingerprint density at radius 3 is 2.58 bits per heavy atom. The number of alkyl halides is 3. The third kappa shape index (κ3) is 7.37. The van der Waals surface area contributed by atoms with Crippen molar-refractivity contribution >= 4 is 40.6 Å². The molecule has 2 aromatic carbocycles. The van der Waals surface area contributed by atoms with Crippen LogP contribution in [0, 0.1) is 12.8 Å². The number of hydrogen-bond donors (Lipinski definition) is 2. The SMILES string of the molecule is Cc1nnc(SCC2OC(c3cccc(NC(=O)C4CCCN4C(=O)C(F)(F)F)c3)OC(c3ccc(CO)cc3)C2C)s1. The zero-order valence-electron chi connectivity index (χ0n) is 23.4. The largest absolute Gasteiger partial charge is 0.471 e. The van der Waals surface area contributed by atoms with Crippen LogP contribution in [0.3, 0.4) is 0 Å². The molecule has 9 nitrogen and oxygen atoms in total. The van der Waals surface area contributed by atoms with Crippen molar-refractivity contribution in [1.82, 2.24) is 15.1 Å². The molecule has 0 radical (unpaired) electrons. The molecule has 5 atom stereocenters. The number of rotatable bonds is 8. The van der Waals surface area contributed by atoms with Crippen LogP contribution in [0.25, 0.3) is 0 Å². The predicted molar refractivity (Wildman–Crippen MR) is 154 cm³/mol. The van der Waals surface area contributed by atoms with Gasteiger partial charge in [-0.1, -0.05) is 66.4 Å². The average molecular weight is 637 g/mol. The molecule has 5 unspecified atom stereocenters. The third-order valence-electron chi connectivity index (χ3n) is 7.49. The van der Waals surface area contributed by atoms with Crippen LogP contribution in [-0.4, -0.2) is 62.6 Å². The van der Waals surface area contributed by atoms with Crippen LogP contribution in [0.2, 0.25) is 0 Å². The number of halogens is 3. The molecule has 14 heteroatoms. The lowest BCUT2D eigenvalue weighted by atomic mass is 9.91. The van der Waals surface area contributed by atoms with Crippen molar-refractivity contribution in [1.29, 1.82) is 0 Å². The maximum absolute atomic E-state index is 13.1. The van der Waals surface area contributed by atoms with Crippen LogP contribution in [0.4, 0.5) is 18.9 Å². The molecule has 230 valence electrons. The van der Waals surface area contributed by atoms with Gasteiger partial charge in [0.2, 0.25) is 5.91 Å². The Balaban J connectivity index is 1.35. The Kier molecular flexibility index (Phi) is 9.71. The molecule has 3 aromatic rings. The highest BCUT2D eigenvalue weighted by Gasteiger charge is 2.47. The highest BCUT2D eigenvalue weighted by molar-refractivity contribution is 8.01. The van der Waals surface area contributed by atoms with Gasteiger partial charge in [0.25, 0.3) is 0 Å². The first-order valence-corrected chi connectivity index (χ1v) is 15.6. The predicted octanol–water partition coefficient (Wildman–Crippen LogP) is 5.41. The lowest BCUT2D eigenvalue weighted by molar-refractivity contribution is -0.268. The number of aryl methyl sites for hydroxylation is 1. The summed E-state index contributed by atoms with van der Waals surface area (Å²) in [6, 6.07) is 13.1. The summed E-state index contributed by atoms with van der Waals surface area (Å²) in [7, 11) is 0. The Morgan fingerprint density at radius 2 is 1.91 bits per heavy atom. The molecule has 2 N–H and O–H groups in total. The molecular weight excluding hydrogens is 605 g/mol. The number of carbonyl (C=O) groups excluding carboxylic acids is 2. The van der Waals surface area contributed by atoms with Crippen molar-refractivity contribution in [2.24, 2.45) is 5.92 Å². The summed E-state index contributed by atoms with van der Waals surface area (Å²) < 4.78 is 52.9. The second-order valence-electron chi connectivity index (χ2n) is 10.5. The number of nitrogens with one attached hydrogen (secondary N) is 1. The van der Waals surface area contributed by atoms with Gasteiger partial charge in [-0.3, -0.25) is 9.59 Å². The van der Waals surface area contributed by atoms with Crippen molar-refractivity contribution in [3.8, 4) is 0 Å². The monoisotopic (exact) mass is 636 g/mol. The highest BCUT2D eigenvalue weighted by atomic mass is 32.2. The van der Waals surface area contributed by atoms with E-state index in [1.807, 2.05) is 38.1 Å². The molecule has 2 fully saturated rings. The van der Waals surface area contributed by atoms with Gasteiger partial charge in [-0.2, -0.15) is 13.2 Å². The van der Waals surface area contributed by atoms with Gasteiger partial charge in [0, 0.05) is 29.5 Å². The number of ether oxygens (including phenoxy) is 2.